The molecule has 1 aromatic carbocycles. The van der Waals surface area contributed by atoms with Gasteiger partial charge in [-0.05, 0) is 68.9 Å². The lowest BCUT2D eigenvalue weighted by Gasteiger charge is -2.43. The first-order valence-corrected chi connectivity index (χ1v) is 11.3. The molecule has 0 unspecified atom stereocenters. The Morgan fingerprint density at radius 1 is 1.04 bits per heavy atom. The Kier molecular flexibility index (Phi) is 7.72. The van der Waals surface area contributed by atoms with E-state index in [2.05, 4.69) is 10.2 Å². The third kappa shape index (κ3) is 5.69. The Morgan fingerprint density at radius 2 is 1.61 bits per heavy atom. The highest BCUT2D eigenvalue weighted by molar-refractivity contribution is 7.80. The number of ether oxygens (including phenoxy) is 1. The van der Waals surface area contributed by atoms with Crippen LogP contribution in [0.2, 0.25) is 0 Å². The number of thiocarbonyl (C=S) groups is 1. The molecule has 4 nitrogen and oxygen atoms in total. The topological polar surface area (TPSA) is 41.6 Å². The molecule has 0 spiro atoms. The predicted octanol–water partition coefficient (Wildman–Crippen LogP) is 5.05. The minimum absolute atomic E-state index is 0.00634. The van der Waals surface area contributed by atoms with Crippen molar-refractivity contribution in [1.29, 1.82) is 0 Å². The summed E-state index contributed by atoms with van der Waals surface area (Å²) < 4.78 is 5.76. The van der Waals surface area contributed by atoms with Gasteiger partial charge in [-0.25, -0.2) is 0 Å². The molecular formula is C23H34N2O2S. The third-order valence-corrected chi connectivity index (χ3v) is 6.43. The van der Waals surface area contributed by atoms with Gasteiger partial charge in [0.1, 0.15) is 5.75 Å². The molecule has 1 N–H and O–H groups in total. The molecule has 2 aliphatic rings. The molecule has 1 aromatic rings. The van der Waals surface area contributed by atoms with E-state index in [0.717, 1.165) is 16.9 Å². The standard InChI is InChI=1S/C23H34N2O2S/c1-17-13-14-18(2)21(15-17)27-16-22(26)24-23(28)25(19-9-5-3-6-10-19)20-11-7-4-8-12-20/h13-15,19-20H,3-12,16H2,1-2H3,(H,24,26,28). The van der Waals surface area contributed by atoms with Crippen molar-refractivity contribution in [3.8, 4) is 5.75 Å². The van der Waals surface area contributed by atoms with Crippen LogP contribution < -0.4 is 10.1 Å². The molecule has 0 bridgehead atoms. The van der Waals surface area contributed by atoms with Crippen molar-refractivity contribution in [2.24, 2.45) is 0 Å². The molecule has 0 aromatic heterocycles. The highest BCUT2D eigenvalue weighted by Crippen LogP contribution is 2.30. The first-order valence-electron chi connectivity index (χ1n) is 10.9. The fraction of sp³-hybridized carbons (Fsp3) is 0.652. The van der Waals surface area contributed by atoms with Gasteiger partial charge in [0, 0.05) is 12.1 Å². The molecule has 28 heavy (non-hydrogen) atoms. The lowest BCUT2D eigenvalue weighted by atomic mass is 9.89. The van der Waals surface area contributed by atoms with E-state index in [1.165, 1.54) is 64.2 Å². The van der Waals surface area contributed by atoms with Gasteiger partial charge in [-0.15, -0.1) is 0 Å². The van der Waals surface area contributed by atoms with Gasteiger partial charge in [0.2, 0.25) is 0 Å². The monoisotopic (exact) mass is 402 g/mol. The second kappa shape index (κ2) is 10.2. The molecular weight excluding hydrogens is 368 g/mol. The SMILES string of the molecule is Cc1ccc(C)c(OCC(=O)NC(=S)N(C2CCCCC2)C2CCCCC2)c1. The maximum atomic E-state index is 12.5. The molecule has 3 rings (SSSR count). The quantitative estimate of drug-likeness (QED) is 0.700. The van der Waals surface area contributed by atoms with Crippen LogP contribution in [0.15, 0.2) is 18.2 Å². The lowest BCUT2D eigenvalue weighted by molar-refractivity contribution is -0.121. The number of aryl methyl sites for hydroxylation is 2. The number of carbonyl (C=O) groups excluding carboxylic acids is 1. The smallest absolute Gasteiger partial charge is 0.264 e. The van der Waals surface area contributed by atoms with Crippen LogP contribution in [0.3, 0.4) is 0 Å². The number of carbonyl (C=O) groups is 1. The molecule has 2 fully saturated rings. The van der Waals surface area contributed by atoms with Gasteiger partial charge in [0.15, 0.2) is 11.7 Å². The Morgan fingerprint density at radius 3 is 2.18 bits per heavy atom. The number of hydrogen-bond acceptors (Lipinski definition) is 3. The first kappa shape index (κ1) is 21.1. The van der Waals surface area contributed by atoms with Gasteiger partial charge in [-0.3, -0.25) is 4.79 Å². The van der Waals surface area contributed by atoms with Gasteiger partial charge in [0.05, 0.1) is 0 Å². The van der Waals surface area contributed by atoms with Gasteiger partial charge in [-0.2, -0.15) is 0 Å². The maximum absolute atomic E-state index is 12.5. The van der Waals surface area contributed by atoms with E-state index in [0.29, 0.717) is 17.2 Å². The number of nitrogens with one attached hydrogen (secondary N) is 1. The van der Waals surface area contributed by atoms with Gasteiger partial charge in [-0.1, -0.05) is 50.7 Å². The molecule has 0 heterocycles. The van der Waals surface area contributed by atoms with Crippen molar-refractivity contribution >= 4 is 23.2 Å². The van der Waals surface area contributed by atoms with E-state index < -0.39 is 0 Å². The number of hydrogen-bond donors (Lipinski definition) is 1. The third-order valence-electron chi connectivity index (χ3n) is 6.12. The van der Waals surface area contributed by atoms with E-state index in [9.17, 15) is 4.79 Å². The Labute approximate surface area is 175 Å². The molecule has 154 valence electrons. The van der Waals surface area contributed by atoms with Crippen molar-refractivity contribution in [2.75, 3.05) is 6.61 Å². The summed E-state index contributed by atoms with van der Waals surface area (Å²) in [6.45, 7) is 4.01. The van der Waals surface area contributed by atoms with E-state index in [1.54, 1.807) is 0 Å². The number of rotatable bonds is 5. The van der Waals surface area contributed by atoms with Crippen LogP contribution in [0.1, 0.15) is 75.3 Å². The van der Waals surface area contributed by atoms with Gasteiger partial charge < -0.3 is 15.0 Å². The molecule has 0 atom stereocenters. The number of benzene rings is 1. The number of amides is 1. The van der Waals surface area contributed by atoms with Crippen LogP contribution in [-0.2, 0) is 4.79 Å². The van der Waals surface area contributed by atoms with Crippen LogP contribution in [0.5, 0.6) is 5.75 Å². The zero-order valence-corrected chi connectivity index (χ0v) is 18.2. The second-order valence-electron chi connectivity index (χ2n) is 8.40. The average molecular weight is 403 g/mol. The predicted molar refractivity (Wildman–Crippen MR) is 118 cm³/mol. The van der Waals surface area contributed by atoms with E-state index in [4.69, 9.17) is 17.0 Å². The van der Waals surface area contributed by atoms with Crippen LogP contribution in [0.25, 0.3) is 0 Å². The molecule has 0 saturated heterocycles. The average Bonchev–Trinajstić information content (AvgIpc) is 2.70. The molecule has 1 amide bonds. The Bertz CT molecular complexity index is 661. The number of nitrogens with zero attached hydrogens (tertiary/aromatic N) is 1. The van der Waals surface area contributed by atoms with Crippen LogP contribution >= 0.6 is 12.2 Å². The molecule has 2 aliphatic carbocycles. The Balaban J connectivity index is 1.60. The zero-order valence-electron chi connectivity index (χ0n) is 17.3. The molecule has 2 saturated carbocycles. The maximum Gasteiger partial charge on any atom is 0.264 e. The van der Waals surface area contributed by atoms with Crippen LogP contribution in [0, 0.1) is 13.8 Å². The van der Waals surface area contributed by atoms with Gasteiger partial charge in [0.25, 0.3) is 5.91 Å². The minimum Gasteiger partial charge on any atom is -0.483 e. The second-order valence-corrected chi connectivity index (χ2v) is 8.79. The van der Waals surface area contributed by atoms with E-state index in [1.807, 2.05) is 32.0 Å². The summed E-state index contributed by atoms with van der Waals surface area (Å²) in [7, 11) is 0. The molecule has 5 heteroatoms. The van der Waals surface area contributed by atoms with Crippen LogP contribution in [-0.4, -0.2) is 34.6 Å². The summed E-state index contributed by atoms with van der Waals surface area (Å²) in [6, 6.07) is 6.98. The summed E-state index contributed by atoms with van der Waals surface area (Å²) in [6.07, 6.45) is 12.4. The molecule has 0 radical (unpaired) electrons. The summed E-state index contributed by atoms with van der Waals surface area (Å²) in [5.41, 5.74) is 2.16. The van der Waals surface area contributed by atoms with E-state index in [-0.39, 0.29) is 12.5 Å². The fourth-order valence-corrected chi connectivity index (χ4v) is 4.99. The summed E-state index contributed by atoms with van der Waals surface area (Å²) >= 11 is 5.73. The lowest BCUT2D eigenvalue weighted by Crippen LogP contribution is -2.54. The zero-order chi connectivity index (χ0) is 19.9. The molecule has 0 aliphatic heterocycles. The van der Waals surface area contributed by atoms with Crippen molar-refractivity contribution in [3.63, 3.8) is 0 Å². The highest BCUT2D eigenvalue weighted by Gasteiger charge is 2.31. The summed E-state index contributed by atoms with van der Waals surface area (Å²) in [5.74, 6) is 0.597. The van der Waals surface area contributed by atoms with Crippen LogP contribution in [0.4, 0.5) is 0 Å². The van der Waals surface area contributed by atoms with Crippen molar-refractivity contribution in [3.05, 3.63) is 29.3 Å². The van der Waals surface area contributed by atoms with E-state index >= 15 is 0 Å². The Hall–Kier alpha value is -1.62. The van der Waals surface area contributed by atoms with Crippen molar-refractivity contribution in [1.82, 2.24) is 10.2 Å². The normalized spacial score (nSPS) is 18.5. The minimum atomic E-state index is -0.164. The van der Waals surface area contributed by atoms with Crippen molar-refractivity contribution < 1.29 is 9.53 Å². The highest BCUT2D eigenvalue weighted by atomic mass is 32.1. The summed E-state index contributed by atoms with van der Waals surface area (Å²) in [4.78, 5) is 14.9. The largest absolute Gasteiger partial charge is 0.483 e. The van der Waals surface area contributed by atoms with Crippen molar-refractivity contribution in [2.45, 2.75) is 90.1 Å². The fourth-order valence-electron chi connectivity index (χ4n) is 4.57. The summed E-state index contributed by atoms with van der Waals surface area (Å²) in [5, 5.41) is 3.58. The first-order chi connectivity index (χ1) is 13.5. The van der Waals surface area contributed by atoms with Gasteiger partial charge >= 0.3 is 0 Å².